The van der Waals surface area contributed by atoms with Crippen LogP contribution in [0.15, 0.2) is 42.7 Å². The molecule has 3 N–H and O–H groups in total. The van der Waals surface area contributed by atoms with Crippen molar-refractivity contribution >= 4 is 17.6 Å². The van der Waals surface area contributed by atoms with Crippen molar-refractivity contribution in [1.82, 2.24) is 20.5 Å². The molecule has 0 aliphatic heterocycles. The van der Waals surface area contributed by atoms with E-state index in [4.69, 9.17) is 9.47 Å². The van der Waals surface area contributed by atoms with Gasteiger partial charge in [-0.2, -0.15) is 5.10 Å². The molecular formula is C22H25N5O4. The van der Waals surface area contributed by atoms with E-state index in [1.54, 1.807) is 30.6 Å². The zero-order valence-electron chi connectivity index (χ0n) is 17.9. The van der Waals surface area contributed by atoms with E-state index in [0.717, 1.165) is 16.8 Å². The number of nitrogens with zero attached hydrogens (tertiary/aromatic N) is 2. The van der Waals surface area contributed by atoms with E-state index in [-0.39, 0.29) is 24.5 Å². The van der Waals surface area contributed by atoms with Crippen molar-refractivity contribution in [3.05, 3.63) is 53.9 Å². The lowest BCUT2D eigenvalue weighted by Gasteiger charge is -2.13. The lowest BCUT2D eigenvalue weighted by atomic mass is 10.1. The van der Waals surface area contributed by atoms with Crippen LogP contribution in [0.1, 0.15) is 29.8 Å². The van der Waals surface area contributed by atoms with E-state index in [2.05, 4.69) is 25.8 Å². The number of amides is 2. The average molecular weight is 423 g/mol. The first-order valence-electron chi connectivity index (χ1n) is 9.76. The summed E-state index contributed by atoms with van der Waals surface area (Å²) in [7, 11) is 1.47. The molecule has 2 aromatic heterocycles. The second-order valence-electron chi connectivity index (χ2n) is 7.14. The van der Waals surface area contributed by atoms with Crippen LogP contribution in [0.2, 0.25) is 0 Å². The fraction of sp³-hybridized carbons (Fsp3) is 0.273. The number of pyridine rings is 1. The highest BCUT2D eigenvalue weighted by molar-refractivity contribution is 6.04. The molecule has 0 aliphatic carbocycles. The number of methoxy groups -OCH3 is 1. The summed E-state index contributed by atoms with van der Waals surface area (Å²) in [6.45, 7) is 5.46. The Morgan fingerprint density at radius 3 is 2.55 bits per heavy atom. The van der Waals surface area contributed by atoms with Crippen LogP contribution in [-0.2, 0) is 4.79 Å². The van der Waals surface area contributed by atoms with Crippen LogP contribution in [0.5, 0.6) is 11.5 Å². The van der Waals surface area contributed by atoms with Crippen LogP contribution >= 0.6 is 0 Å². The number of rotatable bonds is 8. The summed E-state index contributed by atoms with van der Waals surface area (Å²) < 4.78 is 10.8. The molecule has 2 amide bonds. The molecule has 162 valence electrons. The largest absolute Gasteiger partial charge is 0.493 e. The van der Waals surface area contributed by atoms with Gasteiger partial charge in [0, 0.05) is 35.1 Å². The molecule has 1 aromatic carbocycles. The van der Waals surface area contributed by atoms with Gasteiger partial charge >= 0.3 is 0 Å². The van der Waals surface area contributed by atoms with Gasteiger partial charge in [0.15, 0.2) is 23.9 Å². The normalized spacial score (nSPS) is 10.6. The maximum atomic E-state index is 12.7. The monoisotopic (exact) mass is 423 g/mol. The van der Waals surface area contributed by atoms with Gasteiger partial charge < -0.3 is 20.1 Å². The molecule has 2 heterocycles. The van der Waals surface area contributed by atoms with Crippen molar-refractivity contribution in [1.29, 1.82) is 0 Å². The summed E-state index contributed by atoms with van der Waals surface area (Å²) in [6.07, 6.45) is 3.38. The van der Waals surface area contributed by atoms with Crippen LogP contribution in [0.25, 0.3) is 11.3 Å². The molecular weight excluding hydrogens is 398 g/mol. The Morgan fingerprint density at radius 1 is 1.13 bits per heavy atom. The first kappa shape index (κ1) is 21.8. The van der Waals surface area contributed by atoms with Crippen LogP contribution in [0.3, 0.4) is 0 Å². The zero-order chi connectivity index (χ0) is 22.4. The third-order valence-corrected chi connectivity index (χ3v) is 4.44. The van der Waals surface area contributed by atoms with Crippen molar-refractivity contribution in [3.63, 3.8) is 0 Å². The van der Waals surface area contributed by atoms with Crippen molar-refractivity contribution < 1.29 is 19.1 Å². The predicted octanol–water partition coefficient (Wildman–Crippen LogP) is 2.94. The molecule has 0 bridgehead atoms. The molecule has 0 fully saturated rings. The van der Waals surface area contributed by atoms with Crippen molar-refractivity contribution in [2.75, 3.05) is 19.0 Å². The average Bonchev–Trinajstić information content (AvgIpc) is 3.12. The molecule has 0 spiro atoms. The summed E-state index contributed by atoms with van der Waals surface area (Å²) in [5, 5.41) is 12.7. The highest BCUT2D eigenvalue weighted by atomic mass is 16.5. The molecule has 0 radical (unpaired) electrons. The van der Waals surface area contributed by atoms with Gasteiger partial charge in [-0.05, 0) is 51.1 Å². The number of hydrogen-bond acceptors (Lipinski definition) is 6. The van der Waals surface area contributed by atoms with E-state index >= 15 is 0 Å². The van der Waals surface area contributed by atoms with Crippen LogP contribution < -0.4 is 20.1 Å². The SMILES string of the molecule is COc1cc(C(=O)Nc2n[nH]c(-c3ccncc3)c2C)ccc1OCC(=O)NC(C)C. The number of carbonyl (C=O) groups excluding carboxylic acids is 2. The van der Waals surface area contributed by atoms with E-state index in [9.17, 15) is 9.59 Å². The Labute approximate surface area is 180 Å². The molecule has 0 saturated heterocycles. The minimum absolute atomic E-state index is 0.0219. The van der Waals surface area contributed by atoms with Gasteiger partial charge in [0.25, 0.3) is 11.8 Å². The number of carbonyl (C=O) groups is 2. The van der Waals surface area contributed by atoms with Gasteiger partial charge in [0.05, 0.1) is 12.8 Å². The van der Waals surface area contributed by atoms with Crippen molar-refractivity contribution in [2.24, 2.45) is 0 Å². The summed E-state index contributed by atoms with van der Waals surface area (Å²) in [4.78, 5) is 28.5. The van der Waals surface area contributed by atoms with Crippen LogP contribution in [-0.4, -0.2) is 46.8 Å². The Balaban J connectivity index is 1.71. The molecule has 9 nitrogen and oxygen atoms in total. The molecule has 31 heavy (non-hydrogen) atoms. The molecule has 0 unspecified atom stereocenters. The summed E-state index contributed by atoms with van der Waals surface area (Å²) in [6, 6.07) is 8.48. The van der Waals surface area contributed by atoms with Gasteiger partial charge in [-0.3, -0.25) is 19.7 Å². The molecule has 9 heteroatoms. The Morgan fingerprint density at radius 2 is 1.87 bits per heavy atom. The fourth-order valence-electron chi connectivity index (χ4n) is 2.93. The van der Waals surface area contributed by atoms with E-state index < -0.39 is 0 Å². The second kappa shape index (κ2) is 9.75. The minimum atomic E-state index is -0.349. The Hall–Kier alpha value is -3.88. The highest BCUT2D eigenvalue weighted by Crippen LogP contribution is 2.29. The summed E-state index contributed by atoms with van der Waals surface area (Å²) in [5.41, 5.74) is 2.90. The number of benzene rings is 1. The number of nitrogens with one attached hydrogen (secondary N) is 3. The molecule has 0 aliphatic rings. The molecule has 0 atom stereocenters. The smallest absolute Gasteiger partial charge is 0.258 e. The topological polar surface area (TPSA) is 118 Å². The third-order valence-electron chi connectivity index (χ3n) is 4.44. The standard InChI is InChI=1S/C22H25N5O4/c1-13(2)24-19(28)12-31-17-6-5-16(11-18(17)30-4)22(29)25-21-14(3)20(26-27-21)15-7-9-23-10-8-15/h5-11,13H,12H2,1-4H3,(H,24,28)(H2,25,26,27,29). The molecule has 3 aromatic rings. The van der Waals surface area contributed by atoms with E-state index in [1.807, 2.05) is 32.9 Å². The van der Waals surface area contributed by atoms with Gasteiger partial charge in [-0.15, -0.1) is 0 Å². The number of hydrogen-bond donors (Lipinski definition) is 3. The predicted molar refractivity (Wildman–Crippen MR) is 116 cm³/mol. The van der Waals surface area contributed by atoms with Crippen LogP contribution in [0.4, 0.5) is 5.82 Å². The van der Waals surface area contributed by atoms with E-state index in [1.165, 1.54) is 7.11 Å². The van der Waals surface area contributed by atoms with Gasteiger partial charge in [0.1, 0.15) is 0 Å². The number of ether oxygens (including phenoxy) is 2. The molecule has 3 rings (SSSR count). The summed E-state index contributed by atoms with van der Waals surface area (Å²) >= 11 is 0. The van der Waals surface area contributed by atoms with E-state index in [0.29, 0.717) is 22.9 Å². The van der Waals surface area contributed by atoms with Gasteiger partial charge in [0.2, 0.25) is 0 Å². The lowest BCUT2D eigenvalue weighted by Crippen LogP contribution is -2.34. The highest BCUT2D eigenvalue weighted by Gasteiger charge is 2.16. The van der Waals surface area contributed by atoms with Crippen molar-refractivity contribution in [3.8, 4) is 22.8 Å². The number of anilines is 1. The van der Waals surface area contributed by atoms with Gasteiger partial charge in [-0.25, -0.2) is 0 Å². The quantitative estimate of drug-likeness (QED) is 0.513. The Bertz CT molecular complexity index is 1060. The second-order valence-corrected chi connectivity index (χ2v) is 7.14. The first-order chi connectivity index (χ1) is 14.9. The third kappa shape index (κ3) is 5.39. The maximum Gasteiger partial charge on any atom is 0.258 e. The Kier molecular flexibility index (Phi) is 6.86. The van der Waals surface area contributed by atoms with Crippen molar-refractivity contribution in [2.45, 2.75) is 26.8 Å². The minimum Gasteiger partial charge on any atom is -0.493 e. The van der Waals surface area contributed by atoms with Crippen LogP contribution in [0, 0.1) is 6.92 Å². The fourth-order valence-corrected chi connectivity index (χ4v) is 2.93. The zero-order valence-corrected chi connectivity index (χ0v) is 17.9. The molecule has 0 saturated carbocycles. The number of aromatic nitrogens is 3. The first-order valence-corrected chi connectivity index (χ1v) is 9.76. The number of aromatic amines is 1. The lowest BCUT2D eigenvalue weighted by molar-refractivity contribution is -0.123. The maximum absolute atomic E-state index is 12.7. The summed E-state index contributed by atoms with van der Waals surface area (Å²) in [5.74, 6) is 0.563. The van der Waals surface area contributed by atoms with Gasteiger partial charge in [-0.1, -0.05) is 0 Å². The number of H-pyrrole nitrogens is 1.